The smallest absolute Gasteiger partial charge is 0.226 e. The van der Waals surface area contributed by atoms with E-state index in [1.807, 2.05) is 30.3 Å². The van der Waals surface area contributed by atoms with Crippen LogP contribution in [0.25, 0.3) is 6.08 Å². The van der Waals surface area contributed by atoms with Crippen molar-refractivity contribution >= 4 is 29.4 Å². The number of benzene rings is 2. The van der Waals surface area contributed by atoms with Crippen LogP contribution in [0.3, 0.4) is 0 Å². The molecule has 0 fully saturated rings. The largest absolute Gasteiger partial charge is 0.326 e. The summed E-state index contributed by atoms with van der Waals surface area (Å²) in [7, 11) is 0. The summed E-state index contributed by atoms with van der Waals surface area (Å²) >= 11 is 0. The molecular weight excluding hydrogens is 328 g/mol. The molecule has 1 aliphatic rings. The third-order valence-corrected chi connectivity index (χ3v) is 4.40. The first-order valence-corrected chi connectivity index (χ1v) is 8.42. The van der Waals surface area contributed by atoms with Crippen LogP contribution < -0.4 is 5.32 Å². The molecule has 5 heteroatoms. The lowest BCUT2D eigenvalue weighted by molar-refractivity contribution is -0.129. The first-order valence-electron chi connectivity index (χ1n) is 8.42. The van der Waals surface area contributed by atoms with Crippen LogP contribution in [0.1, 0.15) is 47.8 Å². The number of hydrogen-bond acceptors (Lipinski definition) is 3. The predicted molar refractivity (Wildman–Crippen MR) is 100 cm³/mol. The number of nitrogens with one attached hydrogen (secondary N) is 1. The van der Waals surface area contributed by atoms with Gasteiger partial charge in [0, 0.05) is 24.4 Å². The normalized spacial score (nSPS) is 15.3. The van der Waals surface area contributed by atoms with Gasteiger partial charge in [0.2, 0.25) is 11.8 Å². The van der Waals surface area contributed by atoms with Gasteiger partial charge in [-0.15, -0.1) is 0 Å². The van der Waals surface area contributed by atoms with E-state index in [4.69, 9.17) is 0 Å². The van der Waals surface area contributed by atoms with E-state index in [-0.39, 0.29) is 30.1 Å². The number of nitrogens with zero attached hydrogens (tertiary/aromatic N) is 1. The average Bonchev–Trinajstić information content (AvgIpc) is 2.61. The number of Topliss-reactive ketones (excluding diaryl/α,β-unsaturated/α-hetero) is 1. The lowest BCUT2D eigenvalue weighted by atomic mass is 9.93. The van der Waals surface area contributed by atoms with Crippen molar-refractivity contribution in [2.45, 2.75) is 26.3 Å². The molecule has 1 aliphatic heterocycles. The Balaban J connectivity index is 1.80. The lowest BCUT2D eigenvalue weighted by Crippen LogP contribution is -2.33. The highest BCUT2D eigenvalue weighted by Gasteiger charge is 2.28. The molecule has 0 saturated heterocycles. The number of fused-ring (bicyclic) bond motifs is 1. The summed E-state index contributed by atoms with van der Waals surface area (Å²) in [6.07, 6.45) is 3.73. The van der Waals surface area contributed by atoms with Gasteiger partial charge in [-0.25, -0.2) is 0 Å². The quantitative estimate of drug-likeness (QED) is 0.855. The molecule has 2 aromatic rings. The van der Waals surface area contributed by atoms with Gasteiger partial charge in [0.25, 0.3) is 0 Å². The Morgan fingerprint density at radius 1 is 1.04 bits per heavy atom. The molecule has 0 aromatic heterocycles. The minimum atomic E-state index is -0.357. The molecule has 5 nitrogen and oxygen atoms in total. The van der Waals surface area contributed by atoms with Crippen molar-refractivity contribution < 1.29 is 14.4 Å². The first-order chi connectivity index (χ1) is 12.5. The molecule has 3 rings (SSSR count). The zero-order chi connectivity index (χ0) is 18.7. The molecule has 0 spiro atoms. The third kappa shape index (κ3) is 3.72. The zero-order valence-electron chi connectivity index (χ0n) is 14.7. The molecule has 1 atom stereocenters. The van der Waals surface area contributed by atoms with Crippen molar-refractivity contribution in [1.82, 2.24) is 4.90 Å². The topological polar surface area (TPSA) is 66.5 Å². The summed E-state index contributed by atoms with van der Waals surface area (Å²) < 4.78 is 0. The summed E-state index contributed by atoms with van der Waals surface area (Å²) in [4.78, 5) is 37.6. The van der Waals surface area contributed by atoms with E-state index >= 15 is 0 Å². The van der Waals surface area contributed by atoms with E-state index in [1.165, 1.54) is 13.8 Å². The second-order valence-corrected chi connectivity index (χ2v) is 6.28. The monoisotopic (exact) mass is 348 g/mol. The number of carbonyl (C=O) groups excluding carboxylic acids is 3. The summed E-state index contributed by atoms with van der Waals surface area (Å²) in [5, 5.41) is 2.82. The summed E-state index contributed by atoms with van der Waals surface area (Å²) in [5.41, 5.74) is 3.05. The predicted octanol–water partition coefficient (Wildman–Crippen LogP) is 3.79. The minimum Gasteiger partial charge on any atom is -0.326 e. The van der Waals surface area contributed by atoms with Crippen LogP contribution in [0.2, 0.25) is 0 Å². The number of hydrogen-bond donors (Lipinski definition) is 1. The Kier molecular flexibility index (Phi) is 4.98. The first kappa shape index (κ1) is 17.6. The fourth-order valence-electron chi connectivity index (χ4n) is 3.12. The van der Waals surface area contributed by atoms with E-state index < -0.39 is 0 Å². The Labute approximate surface area is 152 Å². The highest BCUT2D eigenvalue weighted by molar-refractivity contribution is 5.97. The fraction of sp³-hybridized carbons (Fsp3) is 0.190. The highest BCUT2D eigenvalue weighted by Crippen LogP contribution is 2.33. The van der Waals surface area contributed by atoms with Crippen LogP contribution in [0.4, 0.5) is 5.69 Å². The summed E-state index contributed by atoms with van der Waals surface area (Å²) in [5.74, 6) is -0.394. The van der Waals surface area contributed by atoms with Crippen LogP contribution in [0, 0.1) is 0 Å². The number of amides is 2. The van der Waals surface area contributed by atoms with Crippen molar-refractivity contribution in [3.63, 3.8) is 0 Å². The van der Waals surface area contributed by atoms with Gasteiger partial charge < -0.3 is 10.2 Å². The average molecular weight is 348 g/mol. The Morgan fingerprint density at radius 2 is 1.81 bits per heavy atom. The van der Waals surface area contributed by atoms with E-state index in [2.05, 4.69) is 5.32 Å². The van der Waals surface area contributed by atoms with Crippen molar-refractivity contribution in [3.8, 4) is 0 Å². The van der Waals surface area contributed by atoms with Crippen LogP contribution in [-0.4, -0.2) is 22.5 Å². The van der Waals surface area contributed by atoms with Crippen LogP contribution in [-0.2, 0) is 9.59 Å². The maximum atomic E-state index is 12.6. The van der Waals surface area contributed by atoms with E-state index in [0.717, 1.165) is 11.1 Å². The van der Waals surface area contributed by atoms with Crippen LogP contribution in [0.15, 0.2) is 54.7 Å². The Morgan fingerprint density at radius 3 is 2.54 bits per heavy atom. The Hall–Kier alpha value is -3.21. The van der Waals surface area contributed by atoms with Crippen molar-refractivity contribution in [1.29, 1.82) is 0 Å². The SMILES string of the molecule is CC(=O)c1cccc(NC(=O)CC2c3ccccc3C=CN2C(C)=O)c1. The third-order valence-electron chi connectivity index (χ3n) is 4.40. The second-order valence-electron chi connectivity index (χ2n) is 6.28. The molecule has 0 aliphatic carbocycles. The molecule has 26 heavy (non-hydrogen) atoms. The number of anilines is 1. The van der Waals surface area contributed by atoms with Gasteiger partial charge in [-0.3, -0.25) is 14.4 Å². The van der Waals surface area contributed by atoms with Gasteiger partial charge in [0.1, 0.15) is 0 Å². The highest BCUT2D eigenvalue weighted by atomic mass is 16.2. The van der Waals surface area contributed by atoms with Crippen molar-refractivity contribution in [3.05, 3.63) is 71.4 Å². The van der Waals surface area contributed by atoms with E-state index in [0.29, 0.717) is 11.3 Å². The van der Waals surface area contributed by atoms with Gasteiger partial charge in [0.05, 0.1) is 12.5 Å². The molecule has 2 amide bonds. The number of carbonyl (C=O) groups is 3. The number of ketones is 1. The van der Waals surface area contributed by atoms with Crippen molar-refractivity contribution in [2.24, 2.45) is 0 Å². The molecule has 0 radical (unpaired) electrons. The van der Waals surface area contributed by atoms with Gasteiger partial charge in [-0.1, -0.05) is 36.4 Å². The molecule has 132 valence electrons. The standard InChI is InChI=1S/C21H20N2O3/c1-14(24)17-7-5-8-18(12-17)22-21(26)13-20-19-9-4-3-6-16(19)10-11-23(20)15(2)25/h3-12,20H,13H2,1-2H3,(H,22,26). The molecule has 1 N–H and O–H groups in total. The summed E-state index contributed by atoms with van der Waals surface area (Å²) in [6.45, 7) is 2.97. The van der Waals surface area contributed by atoms with Gasteiger partial charge in [-0.05, 0) is 36.3 Å². The molecule has 0 saturated carbocycles. The fourth-order valence-corrected chi connectivity index (χ4v) is 3.12. The minimum absolute atomic E-state index is 0.0600. The van der Waals surface area contributed by atoms with Gasteiger partial charge in [0.15, 0.2) is 5.78 Å². The van der Waals surface area contributed by atoms with E-state index in [1.54, 1.807) is 35.4 Å². The van der Waals surface area contributed by atoms with Crippen LogP contribution in [0.5, 0.6) is 0 Å². The second kappa shape index (κ2) is 7.35. The summed E-state index contributed by atoms with van der Waals surface area (Å²) in [6, 6.07) is 14.2. The molecule has 1 unspecified atom stereocenters. The van der Waals surface area contributed by atoms with Crippen molar-refractivity contribution in [2.75, 3.05) is 5.32 Å². The number of rotatable bonds is 4. The zero-order valence-corrected chi connectivity index (χ0v) is 14.7. The van der Waals surface area contributed by atoms with E-state index in [9.17, 15) is 14.4 Å². The molecule has 2 aromatic carbocycles. The van der Waals surface area contributed by atoms with Gasteiger partial charge in [-0.2, -0.15) is 0 Å². The van der Waals surface area contributed by atoms with Crippen LogP contribution >= 0.6 is 0 Å². The lowest BCUT2D eigenvalue weighted by Gasteiger charge is -2.32. The Bertz CT molecular complexity index is 902. The maximum absolute atomic E-state index is 12.6. The maximum Gasteiger partial charge on any atom is 0.226 e. The molecule has 1 heterocycles. The van der Waals surface area contributed by atoms with Gasteiger partial charge >= 0.3 is 0 Å². The molecular formula is C21H20N2O3. The molecule has 0 bridgehead atoms.